The van der Waals surface area contributed by atoms with Crippen molar-refractivity contribution in [3.05, 3.63) is 36.5 Å². The monoisotopic (exact) mass is 755 g/mol. The molecule has 0 aromatic rings. The van der Waals surface area contributed by atoms with Crippen molar-refractivity contribution < 1.29 is 42.7 Å². The van der Waals surface area contributed by atoms with Gasteiger partial charge in [0, 0.05) is 12.8 Å². The number of phosphoric acid groups is 1. The first kappa shape index (κ1) is 48.2. The van der Waals surface area contributed by atoms with Crippen molar-refractivity contribution in [2.24, 2.45) is 5.92 Å². The van der Waals surface area contributed by atoms with Crippen LogP contribution in [0.5, 0.6) is 0 Å². The zero-order valence-corrected chi connectivity index (χ0v) is 34.0. The van der Waals surface area contributed by atoms with Crippen LogP contribution in [0.4, 0.5) is 0 Å². The van der Waals surface area contributed by atoms with Crippen molar-refractivity contribution in [3.8, 4) is 0 Å². The Morgan fingerprint density at radius 3 is 1.77 bits per heavy atom. The van der Waals surface area contributed by atoms with Gasteiger partial charge >= 0.3 is 19.8 Å². The standard InChI is InChI=1S/C42H75O9P/c1-4-5-6-7-21-26-31-39-40(51-39)32-27-22-17-15-19-23-28-33-41(43)48-35-38(36-49-52(45,46)47)50-42(44)34-29-24-18-14-12-10-8-9-11-13-16-20-25-30-37(2)3/h15,19,21-22,26-27,37-40H,4-14,16-18,20,23-25,28-36H2,1-3H3,(H2,45,46,47)/b19-15-,26-21-,27-22-/t38-,39?,40?/m1/s1. The Hall–Kier alpha value is -1.77. The molecule has 1 heterocycles. The zero-order valence-electron chi connectivity index (χ0n) is 33.1. The van der Waals surface area contributed by atoms with Crippen molar-refractivity contribution in [1.29, 1.82) is 0 Å². The molecule has 1 aliphatic rings. The normalized spacial score (nSPS) is 16.8. The third kappa shape index (κ3) is 32.8. The molecule has 2 N–H and O–H groups in total. The maximum absolute atomic E-state index is 12.4. The lowest BCUT2D eigenvalue weighted by atomic mass is 10.0. The molecule has 0 amide bonds. The summed E-state index contributed by atoms with van der Waals surface area (Å²) in [5.41, 5.74) is 0. The highest BCUT2D eigenvalue weighted by Crippen LogP contribution is 2.36. The van der Waals surface area contributed by atoms with Crippen molar-refractivity contribution in [3.63, 3.8) is 0 Å². The highest BCUT2D eigenvalue weighted by atomic mass is 31.2. The van der Waals surface area contributed by atoms with Crippen molar-refractivity contribution in [2.45, 2.75) is 200 Å². The van der Waals surface area contributed by atoms with Crippen LogP contribution in [0, 0.1) is 5.92 Å². The number of phosphoric ester groups is 1. The molecule has 1 rings (SSSR count). The van der Waals surface area contributed by atoms with Crippen LogP contribution in [0.3, 0.4) is 0 Å². The number of hydrogen-bond acceptors (Lipinski definition) is 7. The smallest absolute Gasteiger partial charge is 0.462 e. The predicted octanol–water partition coefficient (Wildman–Crippen LogP) is 11.4. The van der Waals surface area contributed by atoms with Crippen LogP contribution >= 0.6 is 7.82 Å². The molecule has 3 atom stereocenters. The van der Waals surface area contributed by atoms with Crippen molar-refractivity contribution >= 4 is 19.8 Å². The minimum Gasteiger partial charge on any atom is -0.462 e. The lowest BCUT2D eigenvalue weighted by Crippen LogP contribution is -2.29. The van der Waals surface area contributed by atoms with Gasteiger partial charge in [0.25, 0.3) is 0 Å². The van der Waals surface area contributed by atoms with E-state index in [-0.39, 0.29) is 19.4 Å². The van der Waals surface area contributed by atoms with E-state index in [2.05, 4.69) is 55.7 Å². The van der Waals surface area contributed by atoms with Gasteiger partial charge in [-0.25, -0.2) is 4.57 Å². The molecule has 0 saturated carbocycles. The summed E-state index contributed by atoms with van der Waals surface area (Å²) in [6.45, 7) is 5.94. The van der Waals surface area contributed by atoms with Gasteiger partial charge < -0.3 is 24.0 Å². The molecule has 0 spiro atoms. The van der Waals surface area contributed by atoms with Gasteiger partial charge in [-0.1, -0.05) is 154 Å². The lowest BCUT2D eigenvalue weighted by Gasteiger charge is -2.18. The minimum atomic E-state index is -4.77. The molecule has 0 aromatic carbocycles. The van der Waals surface area contributed by atoms with E-state index in [0.29, 0.717) is 25.0 Å². The van der Waals surface area contributed by atoms with E-state index >= 15 is 0 Å². The molecule has 1 fully saturated rings. The summed E-state index contributed by atoms with van der Waals surface area (Å²) < 4.78 is 32.1. The molecule has 52 heavy (non-hydrogen) atoms. The third-order valence-corrected chi connectivity index (χ3v) is 9.73. The summed E-state index contributed by atoms with van der Waals surface area (Å²) in [4.78, 5) is 42.8. The van der Waals surface area contributed by atoms with Gasteiger partial charge in [-0.2, -0.15) is 0 Å². The van der Waals surface area contributed by atoms with E-state index in [1.807, 2.05) is 6.08 Å². The van der Waals surface area contributed by atoms with Gasteiger partial charge in [0.05, 0.1) is 18.8 Å². The van der Waals surface area contributed by atoms with Crippen molar-refractivity contribution in [1.82, 2.24) is 0 Å². The van der Waals surface area contributed by atoms with E-state index in [4.69, 9.17) is 24.0 Å². The zero-order chi connectivity index (χ0) is 38.1. The molecule has 9 nitrogen and oxygen atoms in total. The summed E-state index contributed by atoms with van der Waals surface area (Å²) in [5.74, 6) is -0.134. The highest BCUT2D eigenvalue weighted by molar-refractivity contribution is 7.46. The fourth-order valence-electron chi connectivity index (χ4n) is 6.00. The molecule has 1 saturated heterocycles. The number of carbonyl (C=O) groups is 2. The first-order chi connectivity index (χ1) is 25.1. The molecule has 0 aromatic heterocycles. The number of epoxide rings is 1. The van der Waals surface area contributed by atoms with Crippen LogP contribution in [0.1, 0.15) is 181 Å². The van der Waals surface area contributed by atoms with Gasteiger partial charge in [-0.05, 0) is 57.3 Å². The van der Waals surface area contributed by atoms with E-state index in [0.717, 1.165) is 57.3 Å². The van der Waals surface area contributed by atoms with Gasteiger partial charge in [0.15, 0.2) is 6.10 Å². The molecule has 0 bridgehead atoms. The third-order valence-electron chi connectivity index (χ3n) is 9.24. The fraction of sp³-hybridized carbons (Fsp3) is 0.810. The second-order valence-corrected chi connectivity index (χ2v) is 16.1. The molecule has 2 unspecified atom stereocenters. The summed E-state index contributed by atoms with van der Waals surface area (Å²) in [6.07, 6.45) is 39.0. The average Bonchev–Trinajstić information content (AvgIpc) is 3.85. The van der Waals surface area contributed by atoms with E-state index in [9.17, 15) is 14.2 Å². The topological polar surface area (TPSA) is 132 Å². The molecule has 0 aliphatic carbocycles. The Labute approximate surface area is 317 Å². The number of rotatable bonds is 36. The molecule has 10 heteroatoms. The molecular weight excluding hydrogens is 679 g/mol. The Kier molecular flexibility index (Phi) is 30.3. The molecule has 302 valence electrons. The largest absolute Gasteiger partial charge is 0.469 e. The van der Waals surface area contributed by atoms with Gasteiger partial charge in [0.2, 0.25) is 0 Å². The SMILES string of the molecule is CCCCC/C=C\CC1OC1C/C=C\C/C=C\CCCC(=O)OC[C@H](COP(=O)(O)O)OC(=O)CCCCCCCCCCCCCCCC(C)C. The van der Waals surface area contributed by atoms with Crippen LogP contribution in [0.25, 0.3) is 0 Å². The number of allylic oxidation sites excluding steroid dienone is 4. The van der Waals surface area contributed by atoms with Crippen molar-refractivity contribution in [2.75, 3.05) is 13.2 Å². The summed E-state index contributed by atoms with van der Waals surface area (Å²) >= 11 is 0. The summed E-state index contributed by atoms with van der Waals surface area (Å²) in [5, 5.41) is 0. The number of hydrogen-bond donors (Lipinski definition) is 2. The number of ether oxygens (including phenoxy) is 3. The maximum Gasteiger partial charge on any atom is 0.469 e. The number of carbonyl (C=O) groups excluding carboxylic acids is 2. The Morgan fingerprint density at radius 1 is 0.654 bits per heavy atom. The van der Waals surface area contributed by atoms with Crippen LogP contribution < -0.4 is 0 Å². The van der Waals surface area contributed by atoms with E-state index in [1.54, 1.807) is 0 Å². The molecular formula is C42H75O9P. The quantitative estimate of drug-likeness (QED) is 0.0211. The Morgan fingerprint density at radius 2 is 1.17 bits per heavy atom. The Balaban J connectivity index is 2.10. The Bertz CT molecular complexity index is 1020. The second-order valence-electron chi connectivity index (χ2n) is 14.8. The van der Waals surface area contributed by atoms with Crippen LogP contribution in [-0.2, 0) is 32.9 Å². The summed E-state index contributed by atoms with van der Waals surface area (Å²) in [7, 11) is -4.77. The van der Waals surface area contributed by atoms with Gasteiger partial charge in [0.1, 0.15) is 6.61 Å². The van der Waals surface area contributed by atoms with Gasteiger partial charge in [-0.3, -0.25) is 14.1 Å². The second kappa shape index (κ2) is 32.6. The number of esters is 2. The molecule has 1 aliphatic heterocycles. The van der Waals surface area contributed by atoms with E-state index < -0.39 is 32.5 Å². The lowest BCUT2D eigenvalue weighted by molar-refractivity contribution is -0.161. The van der Waals surface area contributed by atoms with Gasteiger partial charge in [-0.15, -0.1) is 0 Å². The highest BCUT2D eigenvalue weighted by Gasteiger charge is 2.36. The average molecular weight is 755 g/mol. The van der Waals surface area contributed by atoms with Crippen LogP contribution in [0.2, 0.25) is 0 Å². The van der Waals surface area contributed by atoms with E-state index in [1.165, 1.54) is 83.5 Å². The fourth-order valence-corrected chi connectivity index (χ4v) is 6.36. The number of unbranched alkanes of at least 4 members (excludes halogenated alkanes) is 16. The van der Waals surface area contributed by atoms with Crippen LogP contribution in [0.15, 0.2) is 36.5 Å². The first-order valence-corrected chi connectivity index (χ1v) is 22.3. The maximum atomic E-state index is 12.4. The van der Waals surface area contributed by atoms with Crippen LogP contribution in [-0.4, -0.2) is 53.3 Å². The summed E-state index contributed by atoms with van der Waals surface area (Å²) in [6, 6.07) is 0. The first-order valence-electron chi connectivity index (χ1n) is 20.8. The predicted molar refractivity (Wildman–Crippen MR) is 211 cm³/mol. The minimum absolute atomic E-state index is 0.187. The molecule has 0 radical (unpaired) electrons.